The standard InChI is InChI=1S/C22H23ClFN3O5/c1-11(2)21-25-16(9-32-21)20(30)27-22-6-12(7-22)19(17(28)8-22)26-18(29)10-31-13-3-4-14(23)15(24)5-13/h3-5,9,11,17,28H,6-8,10H2,1-2H3,(H,26,29)(H,27,30). The van der Waals surface area contributed by atoms with Gasteiger partial charge in [0.1, 0.15) is 17.8 Å². The molecule has 170 valence electrons. The van der Waals surface area contributed by atoms with Crippen LogP contribution >= 0.6 is 11.6 Å². The third-order valence-corrected chi connectivity index (χ3v) is 5.87. The first-order chi connectivity index (χ1) is 15.2. The highest BCUT2D eigenvalue weighted by atomic mass is 35.5. The van der Waals surface area contributed by atoms with Gasteiger partial charge in [-0.05, 0) is 30.5 Å². The summed E-state index contributed by atoms with van der Waals surface area (Å²) >= 11 is 5.62. The molecule has 1 aromatic carbocycles. The SMILES string of the molecule is CC(C)c1nc(C(=O)NC23CC(=C(NC(=O)COc4ccc(Cl)c(F)c4)C(O)C2)C3)co1. The Balaban J connectivity index is 1.33. The number of ether oxygens (including phenoxy) is 1. The Kier molecular flexibility index (Phi) is 5.96. The molecule has 2 aromatic rings. The number of oxazole rings is 1. The number of hydrogen-bond acceptors (Lipinski definition) is 6. The van der Waals surface area contributed by atoms with Crippen LogP contribution in [-0.2, 0) is 4.79 Å². The van der Waals surface area contributed by atoms with E-state index < -0.39 is 23.4 Å². The molecule has 1 unspecified atom stereocenters. The fourth-order valence-electron chi connectivity index (χ4n) is 3.98. The van der Waals surface area contributed by atoms with E-state index in [1.807, 2.05) is 13.8 Å². The summed E-state index contributed by atoms with van der Waals surface area (Å²) in [6.45, 7) is 3.49. The van der Waals surface area contributed by atoms with Gasteiger partial charge in [-0.15, -0.1) is 0 Å². The van der Waals surface area contributed by atoms with Gasteiger partial charge in [-0.3, -0.25) is 9.59 Å². The second kappa shape index (κ2) is 8.55. The molecule has 10 heteroatoms. The van der Waals surface area contributed by atoms with E-state index in [4.69, 9.17) is 20.8 Å². The summed E-state index contributed by atoms with van der Waals surface area (Å²) in [5, 5.41) is 16.1. The lowest BCUT2D eigenvalue weighted by molar-refractivity contribution is -0.123. The molecule has 3 N–H and O–H groups in total. The molecule has 1 atom stereocenters. The molecule has 0 saturated heterocycles. The van der Waals surface area contributed by atoms with Crippen molar-refractivity contribution in [3.05, 3.63) is 58.2 Å². The Morgan fingerprint density at radius 2 is 2.16 bits per heavy atom. The van der Waals surface area contributed by atoms with Crippen LogP contribution in [0.5, 0.6) is 5.75 Å². The fraction of sp³-hybridized carbons (Fsp3) is 0.409. The molecule has 1 heterocycles. The summed E-state index contributed by atoms with van der Waals surface area (Å²) in [4.78, 5) is 29.0. The van der Waals surface area contributed by atoms with Crippen LogP contribution in [0.3, 0.4) is 0 Å². The maximum atomic E-state index is 13.5. The van der Waals surface area contributed by atoms with E-state index in [0.717, 1.165) is 11.6 Å². The Morgan fingerprint density at radius 1 is 1.41 bits per heavy atom. The van der Waals surface area contributed by atoms with E-state index in [-0.39, 0.29) is 41.3 Å². The number of halogens is 2. The molecule has 3 aliphatic rings. The Morgan fingerprint density at radius 3 is 2.78 bits per heavy atom. The third-order valence-electron chi connectivity index (χ3n) is 5.56. The zero-order chi connectivity index (χ0) is 23.0. The summed E-state index contributed by atoms with van der Waals surface area (Å²) < 4.78 is 24.1. The molecule has 1 saturated carbocycles. The lowest BCUT2D eigenvalue weighted by atomic mass is 9.63. The molecule has 5 rings (SSSR count). The molecule has 8 nitrogen and oxygen atoms in total. The summed E-state index contributed by atoms with van der Waals surface area (Å²) in [7, 11) is 0. The maximum absolute atomic E-state index is 13.5. The zero-order valence-electron chi connectivity index (χ0n) is 17.6. The number of aliphatic hydroxyl groups is 1. The van der Waals surface area contributed by atoms with Gasteiger partial charge in [0.15, 0.2) is 18.2 Å². The van der Waals surface area contributed by atoms with Crippen LogP contribution in [0.25, 0.3) is 0 Å². The number of hydrogen-bond donors (Lipinski definition) is 3. The average molecular weight is 464 g/mol. The van der Waals surface area contributed by atoms with Crippen molar-refractivity contribution in [3.8, 4) is 5.75 Å². The van der Waals surface area contributed by atoms with Crippen molar-refractivity contribution in [3.63, 3.8) is 0 Å². The van der Waals surface area contributed by atoms with Crippen molar-refractivity contribution in [1.82, 2.24) is 15.6 Å². The van der Waals surface area contributed by atoms with E-state index >= 15 is 0 Å². The topological polar surface area (TPSA) is 114 Å². The normalized spacial score (nSPS) is 21.9. The van der Waals surface area contributed by atoms with E-state index in [0.29, 0.717) is 24.4 Å². The first-order valence-electron chi connectivity index (χ1n) is 10.2. The van der Waals surface area contributed by atoms with Crippen molar-refractivity contribution in [2.24, 2.45) is 0 Å². The van der Waals surface area contributed by atoms with Crippen molar-refractivity contribution >= 4 is 23.4 Å². The van der Waals surface area contributed by atoms with Crippen LogP contribution in [-0.4, -0.2) is 40.2 Å². The summed E-state index contributed by atoms with van der Waals surface area (Å²) in [6, 6.07) is 3.89. The van der Waals surface area contributed by atoms with Gasteiger partial charge < -0.3 is 24.9 Å². The van der Waals surface area contributed by atoms with Crippen molar-refractivity contribution in [2.75, 3.05) is 6.61 Å². The second-order valence-electron chi connectivity index (χ2n) is 8.46. The van der Waals surface area contributed by atoms with Crippen LogP contribution < -0.4 is 15.4 Å². The summed E-state index contributed by atoms with van der Waals surface area (Å²) in [5.74, 6) is -0.756. The molecule has 2 amide bonds. The highest BCUT2D eigenvalue weighted by molar-refractivity contribution is 6.30. The maximum Gasteiger partial charge on any atom is 0.273 e. The quantitative estimate of drug-likeness (QED) is 0.581. The monoisotopic (exact) mass is 463 g/mol. The van der Waals surface area contributed by atoms with Gasteiger partial charge in [0.05, 0.1) is 16.7 Å². The largest absolute Gasteiger partial charge is 0.484 e. The minimum Gasteiger partial charge on any atom is -0.484 e. The number of benzene rings is 1. The number of aromatic nitrogens is 1. The number of nitrogens with one attached hydrogen (secondary N) is 2. The van der Waals surface area contributed by atoms with E-state index in [9.17, 15) is 19.1 Å². The zero-order valence-corrected chi connectivity index (χ0v) is 18.3. The predicted octanol–water partition coefficient (Wildman–Crippen LogP) is 3.07. The molecule has 3 aliphatic carbocycles. The third kappa shape index (κ3) is 4.49. The molecule has 32 heavy (non-hydrogen) atoms. The van der Waals surface area contributed by atoms with Crippen molar-refractivity contribution < 1.29 is 28.2 Å². The number of carbonyl (C=O) groups excluding carboxylic acids is 2. The van der Waals surface area contributed by atoms with Gasteiger partial charge in [-0.25, -0.2) is 9.37 Å². The minimum absolute atomic E-state index is 0.0384. The summed E-state index contributed by atoms with van der Waals surface area (Å²) in [5.41, 5.74) is 0.914. The van der Waals surface area contributed by atoms with E-state index in [1.54, 1.807) is 0 Å². The van der Waals surface area contributed by atoms with Crippen molar-refractivity contribution in [2.45, 2.75) is 50.7 Å². The molecular weight excluding hydrogens is 441 g/mol. The van der Waals surface area contributed by atoms with Gasteiger partial charge >= 0.3 is 0 Å². The Labute approximate surface area is 188 Å². The average Bonchev–Trinajstić information content (AvgIpc) is 3.21. The molecular formula is C22H23ClFN3O5. The molecule has 0 aliphatic heterocycles. The van der Waals surface area contributed by atoms with Gasteiger partial charge in [0.25, 0.3) is 11.8 Å². The Bertz CT molecular complexity index is 1090. The molecule has 0 radical (unpaired) electrons. The van der Waals surface area contributed by atoms with Gasteiger partial charge in [-0.2, -0.15) is 0 Å². The number of fused-ring (bicyclic) bond motifs is 2. The number of nitrogens with zero attached hydrogens (tertiary/aromatic N) is 1. The smallest absolute Gasteiger partial charge is 0.273 e. The van der Waals surface area contributed by atoms with Crippen LogP contribution in [0.1, 0.15) is 55.4 Å². The predicted molar refractivity (Wildman–Crippen MR) is 113 cm³/mol. The van der Waals surface area contributed by atoms with Crippen LogP contribution in [0.4, 0.5) is 4.39 Å². The lowest BCUT2D eigenvalue weighted by Crippen LogP contribution is -2.61. The Hall–Kier alpha value is -2.91. The first kappa shape index (κ1) is 22.3. The fourth-order valence-corrected chi connectivity index (χ4v) is 4.10. The molecule has 2 bridgehead atoms. The van der Waals surface area contributed by atoms with E-state index in [1.165, 1.54) is 18.4 Å². The van der Waals surface area contributed by atoms with Crippen LogP contribution in [0, 0.1) is 5.82 Å². The number of carbonyl (C=O) groups is 2. The lowest BCUT2D eigenvalue weighted by Gasteiger charge is -2.51. The van der Waals surface area contributed by atoms with Crippen molar-refractivity contribution in [1.29, 1.82) is 0 Å². The summed E-state index contributed by atoms with van der Waals surface area (Å²) in [6.07, 6.45) is 1.69. The number of amides is 2. The van der Waals surface area contributed by atoms with Gasteiger partial charge in [0.2, 0.25) is 0 Å². The van der Waals surface area contributed by atoms with Gasteiger partial charge in [-0.1, -0.05) is 25.4 Å². The molecule has 1 fully saturated rings. The van der Waals surface area contributed by atoms with Gasteiger partial charge in [0, 0.05) is 24.1 Å². The van der Waals surface area contributed by atoms with E-state index in [2.05, 4.69) is 15.6 Å². The highest BCUT2D eigenvalue weighted by Crippen LogP contribution is 2.48. The highest BCUT2D eigenvalue weighted by Gasteiger charge is 2.50. The van der Waals surface area contributed by atoms with Crippen LogP contribution in [0.2, 0.25) is 5.02 Å². The molecule has 1 aromatic heterocycles. The minimum atomic E-state index is -0.937. The first-order valence-corrected chi connectivity index (χ1v) is 10.6. The van der Waals surface area contributed by atoms with Crippen LogP contribution in [0.15, 0.2) is 40.1 Å². The second-order valence-corrected chi connectivity index (χ2v) is 8.87. The number of rotatable bonds is 7. The number of aliphatic hydroxyl groups excluding tert-OH is 1. The molecule has 0 spiro atoms.